The van der Waals surface area contributed by atoms with Crippen LogP contribution in [0.25, 0.3) is 11.2 Å². The smallest absolute Gasteiger partial charge is 0.160 e. The summed E-state index contributed by atoms with van der Waals surface area (Å²) in [7, 11) is 0. The van der Waals surface area contributed by atoms with Crippen LogP contribution in [0.15, 0.2) is 18.3 Å². The lowest BCUT2D eigenvalue weighted by molar-refractivity contribution is 0.404. The van der Waals surface area contributed by atoms with Crippen LogP contribution in [-0.2, 0) is 5.41 Å². The first-order valence-corrected chi connectivity index (χ1v) is 6.57. The fourth-order valence-electron chi connectivity index (χ4n) is 2.24. The molecule has 2 rings (SSSR count). The molecule has 0 aromatic carbocycles. The molecule has 4 nitrogen and oxygen atoms in total. The van der Waals surface area contributed by atoms with Crippen molar-refractivity contribution in [2.75, 3.05) is 6.54 Å². The second-order valence-corrected chi connectivity index (χ2v) is 5.36. The average Bonchev–Trinajstić information content (AvgIpc) is 2.77. The third kappa shape index (κ3) is 1.90. The Hall–Kier alpha value is -1.42. The summed E-state index contributed by atoms with van der Waals surface area (Å²) >= 11 is 0. The lowest BCUT2D eigenvalue weighted by atomic mass is 9.86. The highest BCUT2D eigenvalue weighted by molar-refractivity contribution is 5.71. The zero-order chi connectivity index (χ0) is 13.3. The molecule has 0 aliphatic heterocycles. The number of imidazole rings is 1. The van der Waals surface area contributed by atoms with Crippen molar-refractivity contribution in [2.45, 2.75) is 45.6 Å². The third-order valence-electron chi connectivity index (χ3n) is 3.74. The molecule has 0 radical (unpaired) electrons. The van der Waals surface area contributed by atoms with E-state index >= 15 is 0 Å². The van der Waals surface area contributed by atoms with Crippen molar-refractivity contribution in [1.82, 2.24) is 14.5 Å². The maximum atomic E-state index is 5.97. The van der Waals surface area contributed by atoms with Gasteiger partial charge in [0.05, 0.1) is 0 Å². The molecule has 0 saturated heterocycles. The van der Waals surface area contributed by atoms with Crippen LogP contribution in [0.5, 0.6) is 0 Å². The summed E-state index contributed by atoms with van der Waals surface area (Å²) in [5, 5.41) is 0. The highest BCUT2D eigenvalue weighted by atomic mass is 15.2. The van der Waals surface area contributed by atoms with E-state index < -0.39 is 0 Å². The summed E-state index contributed by atoms with van der Waals surface area (Å²) in [6.07, 6.45) is 2.79. The molecule has 1 atom stereocenters. The predicted octanol–water partition coefficient (Wildman–Crippen LogP) is 2.64. The number of aromatic nitrogens is 3. The van der Waals surface area contributed by atoms with E-state index in [-0.39, 0.29) is 5.41 Å². The first-order valence-electron chi connectivity index (χ1n) is 6.57. The van der Waals surface area contributed by atoms with Crippen LogP contribution in [0.2, 0.25) is 0 Å². The molecule has 0 fully saturated rings. The van der Waals surface area contributed by atoms with Crippen LogP contribution in [0.4, 0.5) is 0 Å². The maximum absolute atomic E-state index is 5.97. The zero-order valence-electron chi connectivity index (χ0n) is 11.6. The molecule has 0 amide bonds. The van der Waals surface area contributed by atoms with Crippen molar-refractivity contribution in [1.29, 1.82) is 0 Å². The fourth-order valence-corrected chi connectivity index (χ4v) is 2.24. The fraction of sp³-hybridized carbons (Fsp3) is 0.571. The van der Waals surface area contributed by atoms with Gasteiger partial charge < -0.3 is 10.3 Å². The van der Waals surface area contributed by atoms with Crippen molar-refractivity contribution in [3.8, 4) is 0 Å². The summed E-state index contributed by atoms with van der Waals surface area (Å²) in [5.74, 6) is 1.05. The minimum absolute atomic E-state index is 0.0923. The molecule has 0 aliphatic rings. The van der Waals surface area contributed by atoms with Gasteiger partial charge in [-0.05, 0) is 32.4 Å². The van der Waals surface area contributed by atoms with E-state index in [0.29, 0.717) is 12.6 Å². The van der Waals surface area contributed by atoms with Crippen LogP contribution < -0.4 is 5.73 Å². The van der Waals surface area contributed by atoms with Crippen molar-refractivity contribution >= 4 is 11.2 Å². The van der Waals surface area contributed by atoms with E-state index in [0.717, 1.165) is 23.4 Å². The number of nitrogens with zero attached hydrogens (tertiary/aromatic N) is 3. The van der Waals surface area contributed by atoms with Crippen molar-refractivity contribution in [3.63, 3.8) is 0 Å². The number of fused-ring (bicyclic) bond motifs is 1. The van der Waals surface area contributed by atoms with Crippen molar-refractivity contribution < 1.29 is 0 Å². The second-order valence-electron chi connectivity index (χ2n) is 5.36. The zero-order valence-corrected chi connectivity index (χ0v) is 11.6. The maximum Gasteiger partial charge on any atom is 0.160 e. The van der Waals surface area contributed by atoms with Crippen LogP contribution in [-0.4, -0.2) is 21.1 Å². The number of hydrogen-bond donors (Lipinski definition) is 1. The van der Waals surface area contributed by atoms with E-state index in [1.807, 2.05) is 18.3 Å². The monoisotopic (exact) mass is 246 g/mol. The molecule has 18 heavy (non-hydrogen) atoms. The highest BCUT2D eigenvalue weighted by Gasteiger charge is 2.30. The van der Waals surface area contributed by atoms with Gasteiger partial charge >= 0.3 is 0 Å². The van der Waals surface area contributed by atoms with Crippen molar-refractivity contribution in [3.05, 3.63) is 24.2 Å². The van der Waals surface area contributed by atoms with Gasteiger partial charge in [-0.1, -0.05) is 13.8 Å². The number of rotatable bonds is 4. The van der Waals surface area contributed by atoms with Gasteiger partial charge in [0.15, 0.2) is 5.65 Å². The Morgan fingerprint density at radius 2 is 2.17 bits per heavy atom. The van der Waals surface area contributed by atoms with Crippen LogP contribution in [0.1, 0.15) is 46.0 Å². The number of pyridine rings is 1. The Balaban J connectivity index is 2.74. The van der Waals surface area contributed by atoms with E-state index in [2.05, 4.69) is 37.2 Å². The molecule has 0 bridgehead atoms. The summed E-state index contributed by atoms with van der Waals surface area (Å²) in [5.41, 5.74) is 7.78. The van der Waals surface area contributed by atoms with E-state index in [1.54, 1.807) is 0 Å². The SMILES string of the molecule is CCC(C)(CN)c1nc2cccnc2n1C(C)C. The number of nitrogens with two attached hydrogens (primary N) is 1. The van der Waals surface area contributed by atoms with Gasteiger partial charge in [-0.25, -0.2) is 9.97 Å². The summed E-state index contributed by atoms with van der Waals surface area (Å²) in [4.78, 5) is 9.23. The topological polar surface area (TPSA) is 56.7 Å². The van der Waals surface area contributed by atoms with E-state index in [1.165, 1.54) is 0 Å². The normalized spacial score (nSPS) is 15.2. The molecule has 98 valence electrons. The molecule has 4 heteroatoms. The predicted molar refractivity (Wildman–Crippen MR) is 74.6 cm³/mol. The Morgan fingerprint density at radius 3 is 2.72 bits per heavy atom. The highest BCUT2D eigenvalue weighted by Crippen LogP contribution is 2.30. The lowest BCUT2D eigenvalue weighted by Gasteiger charge is -2.28. The van der Waals surface area contributed by atoms with Crippen LogP contribution in [0, 0.1) is 0 Å². The summed E-state index contributed by atoms with van der Waals surface area (Å²) in [6.45, 7) is 9.24. The average molecular weight is 246 g/mol. The van der Waals surface area contributed by atoms with E-state index in [4.69, 9.17) is 10.7 Å². The first kappa shape index (κ1) is 13.0. The quantitative estimate of drug-likeness (QED) is 0.902. The molecular weight excluding hydrogens is 224 g/mol. The van der Waals surface area contributed by atoms with Crippen molar-refractivity contribution in [2.24, 2.45) is 5.73 Å². The second kappa shape index (κ2) is 4.69. The molecule has 2 aromatic heterocycles. The van der Waals surface area contributed by atoms with Crippen LogP contribution >= 0.6 is 0 Å². The van der Waals surface area contributed by atoms with Gasteiger partial charge in [-0.3, -0.25) is 0 Å². The molecule has 0 spiro atoms. The third-order valence-corrected chi connectivity index (χ3v) is 3.74. The van der Waals surface area contributed by atoms with Gasteiger partial charge in [0, 0.05) is 24.2 Å². The van der Waals surface area contributed by atoms with Gasteiger partial charge in [0.2, 0.25) is 0 Å². The Morgan fingerprint density at radius 1 is 1.44 bits per heavy atom. The standard InChI is InChI=1S/C14H22N4/c1-5-14(4,9-15)13-17-11-7-6-8-16-12(11)18(13)10(2)3/h6-8,10H,5,9,15H2,1-4H3. The van der Waals surface area contributed by atoms with Gasteiger partial charge in [0.1, 0.15) is 11.3 Å². The van der Waals surface area contributed by atoms with Gasteiger partial charge in [0.25, 0.3) is 0 Å². The minimum Gasteiger partial charge on any atom is -0.329 e. The molecule has 0 aliphatic carbocycles. The first-order chi connectivity index (χ1) is 8.53. The number of hydrogen-bond acceptors (Lipinski definition) is 3. The van der Waals surface area contributed by atoms with Crippen LogP contribution in [0.3, 0.4) is 0 Å². The molecule has 0 saturated carbocycles. The molecule has 2 heterocycles. The molecular formula is C14H22N4. The Bertz CT molecular complexity index is 538. The summed E-state index contributed by atoms with van der Waals surface area (Å²) < 4.78 is 2.21. The Kier molecular flexibility index (Phi) is 3.39. The Labute approximate surface area is 108 Å². The van der Waals surface area contributed by atoms with E-state index in [9.17, 15) is 0 Å². The molecule has 1 unspecified atom stereocenters. The molecule has 2 aromatic rings. The van der Waals surface area contributed by atoms with Gasteiger partial charge in [-0.2, -0.15) is 0 Å². The largest absolute Gasteiger partial charge is 0.329 e. The lowest BCUT2D eigenvalue weighted by Crippen LogP contribution is -2.34. The summed E-state index contributed by atoms with van der Waals surface area (Å²) in [6, 6.07) is 4.27. The molecule has 2 N–H and O–H groups in total. The minimum atomic E-state index is -0.0923. The van der Waals surface area contributed by atoms with Gasteiger partial charge in [-0.15, -0.1) is 0 Å².